The minimum Gasteiger partial charge on any atom is -0.395 e. The smallest absolute Gasteiger partial charge is 0.260 e. The van der Waals surface area contributed by atoms with E-state index in [1.807, 2.05) is 25.1 Å². The summed E-state index contributed by atoms with van der Waals surface area (Å²) in [6.07, 6.45) is 10.2. The summed E-state index contributed by atoms with van der Waals surface area (Å²) in [5.74, 6) is 0.0575. The van der Waals surface area contributed by atoms with Crippen LogP contribution in [0, 0.1) is 0 Å². The number of aliphatic hydroxyl groups is 1. The van der Waals surface area contributed by atoms with E-state index in [1.165, 1.54) is 6.20 Å². The van der Waals surface area contributed by atoms with Crippen LogP contribution in [0.1, 0.15) is 42.1 Å². The van der Waals surface area contributed by atoms with Crippen LogP contribution in [0.4, 0.5) is 23.1 Å². The Morgan fingerprint density at radius 2 is 1.68 bits per heavy atom. The van der Waals surface area contributed by atoms with Crippen molar-refractivity contribution in [3.8, 4) is 0 Å². The Morgan fingerprint density at radius 1 is 0.936 bits per heavy atom. The molecule has 4 rings (SSSR count). The first-order chi connectivity index (χ1) is 22.9. The van der Waals surface area contributed by atoms with Gasteiger partial charge in [-0.2, -0.15) is 4.98 Å². The molecule has 0 radical (unpaired) electrons. The van der Waals surface area contributed by atoms with E-state index in [9.17, 15) is 14.4 Å². The molecule has 3 aromatic rings. The SMILES string of the molecule is CCCNc1nc(NCCc2ccncc2)ncc1C(=O)Nc1cccc(NC(=O)CCC(=O)/C=C/CN2CCN(CCO)CC2)c1. The number of hydrogen-bond donors (Lipinski definition) is 5. The molecule has 1 aliphatic heterocycles. The van der Waals surface area contributed by atoms with Crippen LogP contribution in [-0.2, 0) is 16.0 Å². The molecule has 1 aromatic carbocycles. The van der Waals surface area contributed by atoms with Gasteiger partial charge in [0, 0.05) is 95.2 Å². The van der Waals surface area contributed by atoms with Crippen LogP contribution in [0.15, 0.2) is 67.1 Å². The summed E-state index contributed by atoms with van der Waals surface area (Å²) in [6, 6.07) is 10.7. The van der Waals surface area contributed by atoms with E-state index in [4.69, 9.17) is 5.11 Å². The zero-order valence-corrected chi connectivity index (χ0v) is 27.0. The van der Waals surface area contributed by atoms with Crippen molar-refractivity contribution in [1.82, 2.24) is 24.8 Å². The Bertz CT molecular complexity index is 1480. The third-order valence-corrected chi connectivity index (χ3v) is 7.57. The van der Waals surface area contributed by atoms with E-state index in [0.29, 0.717) is 54.9 Å². The van der Waals surface area contributed by atoms with Crippen molar-refractivity contribution in [2.24, 2.45) is 0 Å². The molecule has 13 nitrogen and oxygen atoms in total. The van der Waals surface area contributed by atoms with Gasteiger partial charge in [0.15, 0.2) is 5.78 Å². The number of carbonyl (C=O) groups is 3. The van der Waals surface area contributed by atoms with Crippen LogP contribution >= 0.6 is 0 Å². The lowest BCUT2D eigenvalue weighted by Gasteiger charge is -2.33. The van der Waals surface area contributed by atoms with Gasteiger partial charge in [-0.05, 0) is 54.8 Å². The number of aliphatic hydroxyl groups excluding tert-OH is 1. The molecule has 13 heteroatoms. The van der Waals surface area contributed by atoms with Gasteiger partial charge in [-0.1, -0.05) is 19.1 Å². The van der Waals surface area contributed by atoms with E-state index in [2.05, 4.69) is 46.0 Å². The summed E-state index contributed by atoms with van der Waals surface area (Å²) in [4.78, 5) is 55.5. The maximum atomic E-state index is 13.2. The van der Waals surface area contributed by atoms with Gasteiger partial charge in [-0.25, -0.2) is 4.98 Å². The Hall–Kier alpha value is -4.72. The topological polar surface area (TPSA) is 165 Å². The van der Waals surface area contributed by atoms with Crippen molar-refractivity contribution in [1.29, 1.82) is 0 Å². The number of β-amino-alcohol motifs (C(OH)–C–C–N with tert-alkyl or cyclic N) is 1. The molecule has 3 heterocycles. The average molecular weight is 644 g/mol. The van der Waals surface area contributed by atoms with Crippen molar-refractivity contribution in [3.63, 3.8) is 0 Å². The molecule has 1 aliphatic rings. The van der Waals surface area contributed by atoms with Gasteiger partial charge in [0.2, 0.25) is 11.9 Å². The predicted molar refractivity (Wildman–Crippen MR) is 184 cm³/mol. The second-order valence-corrected chi connectivity index (χ2v) is 11.2. The first-order valence-electron chi connectivity index (χ1n) is 16.1. The lowest BCUT2D eigenvalue weighted by atomic mass is 10.2. The number of nitrogens with one attached hydrogen (secondary N) is 4. The number of rotatable bonds is 18. The zero-order chi connectivity index (χ0) is 33.3. The Labute approximate surface area is 275 Å². The van der Waals surface area contributed by atoms with Crippen molar-refractivity contribution in [3.05, 3.63) is 78.3 Å². The van der Waals surface area contributed by atoms with Gasteiger partial charge in [0.1, 0.15) is 11.4 Å². The quantitative estimate of drug-likeness (QED) is 0.129. The molecule has 1 saturated heterocycles. The van der Waals surface area contributed by atoms with E-state index in [-0.39, 0.29) is 37.0 Å². The van der Waals surface area contributed by atoms with E-state index in [0.717, 1.165) is 44.6 Å². The number of carbonyl (C=O) groups excluding carboxylic acids is 3. The standard InChI is InChI=1S/C34H45N9O4/c1-2-13-36-32-30(25-38-34(41-32)37-16-12-26-10-14-35-15-11-26)33(47)40-28-6-3-5-27(24-28)39-31(46)9-8-29(45)7-4-17-42-18-20-43(21-19-42)22-23-44/h3-7,10-11,14-15,24-25,44H,2,8-9,12-13,16-23H2,1H3,(H,39,46)(H,40,47)(H2,36,37,38,41)/b7-4+. The van der Waals surface area contributed by atoms with Gasteiger partial charge in [0.25, 0.3) is 5.91 Å². The fraction of sp³-hybridized carbons (Fsp3) is 0.412. The van der Waals surface area contributed by atoms with Crippen molar-refractivity contribution in [2.45, 2.75) is 32.6 Å². The monoisotopic (exact) mass is 643 g/mol. The highest BCUT2D eigenvalue weighted by Gasteiger charge is 2.17. The largest absolute Gasteiger partial charge is 0.395 e. The van der Waals surface area contributed by atoms with Crippen molar-refractivity contribution >= 4 is 40.7 Å². The van der Waals surface area contributed by atoms with Crippen LogP contribution in [0.25, 0.3) is 0 Å². The normalized spacial score (nSPS) is 13.7. The summed E-state index contributed by atoms with van der Waals surface area (Å²) < 4.78 is 0. The molecule has 0 bridgehead atoms. The lowest BCUT2D eigenvalue weighted by molar-refractivity contribution is -0.120. The lowest BCUT2D eigenvalue weighted by Crippen LogP contribution is -2.47. The summed E-state index contributed by atoms with van der Waals surface area (Å²) in [6.45, 7) is 8.41. The number of piperazine rings is 1. The summed E-state index contributed by atoms with van der Waals surface area (Å²) in [5, 5.41) is 21.2. The molecule has 2 aromatic heterocycles. The number of allylic oxidation sites excluding steroid dienone is 1. The van der Waals surface area contributed by atoms with Crippen LogP contribution in [0.3, 0.4) is 0 Å². The number of amides is 2. The van der Waals surface area contributed by atoms with E-state index in [1.54, 1.807) is 42.7 Å². The molecule has 5 N–H and O–H groups in total. The molecule has 1 fully saturated rings. The first kappa shape index (κ1) is 35.1. The van der Waals surface area contributed by atoms with Crippen LogP contribution in [0.5, 0.6) is 0 Å². The zero-order valence-electron chi connectivity index (χ0n) is 27.0. The van der Waals surface area contributed by atoms with Crippen molar-refractivity contribution < 1.29 is 19.5 Å². The fourth-order valence-electron chi connectivity index (χ4n) is 4.97. The van der Waals surface area contributed by atoms with Gasteiger partial charge in [0.05, 0.1) is 6.61 Å². The Kier molecular flexibility index (Phi) is 14.2. The van der Waals surface area contributed by atoms with Gasteiger partial charge < -0.3 is 26.4 Å². The first-order valence-corrected chi connectivity index (χ1v) is 16.1. The van der Waals surface area contributed by atoms with Crippen LogP contribution < -0.4 is 21.3 Å². The third kappa shape index (κ3) is 12.2. The highest BCUT2D eigenvalue weighted by molar-refractivity contribution is 6.07. The molecule has 47 heavy (non-hydrogen) atoms. The number of nitrogens with zero attached hydrogens (tertiary/aromatic N) is 5. The summed E-state index contributed by atoms with van der Waals surface area (Å²) in [5.41, 5.74) is 2.43. The van der Waals surface area contributed by atoms with Gasteiger partial charge in [-0.15, -0.1) is 0 Å². The third-order valence-electron chi connectivity index (χ3n) is 7.57. The number of benzene rings is 1. The highest BCUT2D eigenvalue weighted by atomic mass is 16.3. The molecule has 0 spiro atoms. The molecule has 0 saturated carbocycles. The molecule has 250 valence electrons. The second kappa shape index (κ2) is 19.1. The maximum absolute atomic E-state index is 13.2. The molecule has 0 aliphatic carbocycles. The number of aromatic nitrogens is 3. The summed E-state index contributed by atoms with van der Waals surface area (Å²) >= 11 is 0. The number of ketones is 1. The van der Waals surface area contributed by atoms with Crippen LogP contribution in [-0.4, -0.2) is 106 Å². The maximum Gasteiger partial charge on any atom is 0.260 e. The Morgan fingerprint density at radius 3 is 2.43 bits per heavy atom. The second-order valence-electron chi connectivity index (χ2n) is 11.2. The molecule has 2 amide bonds. The minimum atomic E-state index is -0.389. The minimum absolute atomic E-state index is 0.0479. The number of anilines is 4. The van der Waals surface area contributed by atoms with Crippen LogP contribution in [0.2, 0.25) is 0 Å². The summed E-state index contributed by atoms with van der Waals surface area (Å²) in [7, 11) is 0. The molecular formula is C34H45N9O4. The number of pyridine rings is 1. The van der Waals surface area contributed by atoms with Gasteiger partial charge in [-0.3, -0.25) is 29.2 Å². The highest BCUT2D eigenvalue weighted by Crippen LogP contribution is 2.20. The fourth-order valence-corrected chi connectivity index (χ4v) is 4.97. The van der Waals surface area contributed by atoms with Crippen molar-refractivity contribution in [2.75, 3.05) is 80.2 Å². The average Bonchev–Trinajstić information content (AvgIpc) is 3.08. The van der Waals surface area contributed by atoms with E-state index >= 15 is 0 Å². The number of hydrogen-bond acceptors (Lipinski definition) is 11. The molecular weight excluding hydrogens is 598 g/mol. The Balaban J connectivity index is 1.24. The molecule has 0 unspecified atom stereocenters. The predicted octanol–water partition coefficient (Wildman–Crippen LogP) is 3.05. The molecule has 0 atom stereocenters. The van der Waals surface area contributed by atoms with Gasteiger partial charge >= 0.3 is 0 Å². The van der Waals surface area contributed by atoms with E-state index < -0.39 is 0 Å².